The Balaban J connectivity index is 3.33. The third-order valence-electron chi connectivity index (χ3n) is 2.67. The van der Waals surface area contributed by atoms with Gasteiger partial charge in [-0.2, -0.15) is 4.31 Å². The molecular formula is C12H20N2O4S. The van der Waals surface area contributed by atoms with Gasteiger partial charge in [-0.1, -0.05) is 0 Å². The van der Waals surface area contributed by atoms with Gasteiger partial charge in [-0.3, -0.25) is 0 Å². The predicted molar refractivity (Wildman–Crippen MR) is 73.5 cm³/mol. The quantitative estimate of drug-likeness (QED) is 0.750. The smallest absolute Gasteiger partial charge is 0.247 e. The Hall–Kier alpha value is -1.31. The number of aliphatic hydroxyl groups excluding tert-OH is 1. The molecule has 6 nitrogen and oxygen atoms in total. The molecule has 0 saturated carbocycles. The molecule has 0 spiro atoms. The number of rotatable bonds is 6. The predicted octanol–water partition coefficient (Wildman–Crippen LogP) is 0.669. The van der Waals surface area contributed by atoms with Crippen molar-refractivity contribution in [2.24, 2.45) is 0 Å². The highest BCUT2D eigenvalue weighted by Crippen LogP contribution is 2.29. The zero-order valence-corrected chi connectivity index (χ0v) is 12.1. The van der Waals surface area contributed by atoms with Gasteiger partial charge in [0, 0.05) is 24.3 Å². The van der Waals surface area contributed by atoms with E-state index in [1.807, 2.05) is 0 Å². The molecule has 0 saturated heterocycles. The minimum atomic E-state index is -3.73. The number of hydrogen-bond donors (Lipinski definition) is 2. The standard InChI is InChI=1S/C12H20N2O4S/c1-9(2)14(6-7-15)19(16,17)12-5-4-10(13)8-11(12)18-3/h4-5,8-9,15H,6-7,13H2,1-3H3. The van der Waals surface area contributed by atoms with Crippen molar-refractivity contribution in [3.8, 4) is 5.75 Å². The van der Waals surface area contributed by atoms with E-state index in [9.17, 15) is 8.42 Å². The van der Waals surface area contributed by atoms with Crippen LogP contribution in [0, 0.1) is 0 Å². The van der Waals surface area contributed by atoms with Crippen LogP contribution in [-0.2, 0) is 10.0 Å². The van der Waals surface area contributed by atoms with E-state index in [0.29, 0.717) is 5.69 Å². The van der Waals surface area contributed by atoms with E-state index in [1.54, 1.807) is 13.8 Å². The third kappa shape index (κ3) is 3.37. The highest BCUT2D eigenvalue weighted by atomic mass is 32.2. The number of ether oxygens (including phenoxy) is 1. The van der Waals surface area contributed by atoms with Crippen molar-refractivity contribution in [1.82, 2.24) is 4.31 Å². The monoisotopic (exact) mass is 288 g/mol. The Labute approximate surface area is 113 Å². The zero-order valence-electron chi connectivity index (χ0n) is 11.3. The van der Waals surface area contributed by atoms with Gasteiger partial charge in [0.1, 0.15) is 10.6 Å². The fourth-order valence-electron chi connectivity index (χ4n) is 1.78. The van der Waals surface area contributed by atoms with Crippen LogP contribution >= 0.6 is 0 Å². The van der Waals surface area contributed by atoms with Crippen molar-refractivity contribution in [3.05, 3.63) is 18.2 Å². The molecule has 1 aromatic rings. The fraction of sp³-hybridized carbons (Fsp3) is 0.500. The van der Waals surface area contributed by atoms with Crippen LogP contribution in [0.1, 0.15) is 13.8 Å². The summed E-state index contributed by atoms with van der Waals surface area (Å²) in [6, 6.07) is 4.12. The molecule has 0 aromatic heterocycles. The molecule has 0 heterocycles. The maximum atomic E-state index is 12.5. The summed E-state index contributed by atoms with van der Waals surface area (Å²) in [6.45, 7) is 3.29. The molecule has 0 atom stereocenters. The van der Waals surface area contributed by atoms with Crippen LogP contribution < -0.4 is 10.5 Å². The zero-order chi connectivity index (χ0) is 14.6. The molecule has 0 aliphatic carbocycles. The lowest BCUT2D eigenvalue weighted by molar-refractivity contribution is 0.236. The van der Waals surface area contributed by atoms with Gasteiger partial charge in [0.15, 0.2) is 0 Å². The first kappa shape index (κ1) is 15.7. The molecular weight excluding hydrogens is 268 g/mol. The van der Waals surface area contributed by atoms with Gasteiger partial charge >= 0.3 is 0 Å². The summed E-state index contributed by atoms with van der Waals surface area (Å²) in [5.41, 5.74) is 6.04. The van der Waals surface area contributed by atoms with Crippen LogP contribution in [0.3, 0.4) is 0 Å². The van der Waals surface area contributed by atoms with Crippen molar-refractivity contribution >= 4 is 15.7 Å². The van der Waals surface area contributed by atoms with E-state index in [2.05, 4.69) is 0 Å². The Morgan fingerprint density at radius 3 is 2.53 bits per heavy atom. The average molecular weight is 288 g/mol. The molecule has 7 heteroatoms. The van der Waals surface area contributed by atoms with Crippen molar-refractivity contribution in [2.75, 3.05) is 26.0 Å². The molecule has 0 aliphatic rings. The van der Waals surface area contributed by atoms with Gasteiger partial charge in [0.25, 0.3) is 0 Å². The highest BCUT2D eigenvalue weighted by Gasteiger charge is 2.29. The van der Waals surface area contributed by atoms with Crippen LogP contribution in [-0.4, -0.2) is 44.1 Å². The second-order valence-electron chi connectivity index (χ2n) is 4.34. The summed E-state index contributed by atoms with van der Waals surface area (Å²) in [6.07, 6.45) is 0. The highest BCUT2D eigenvalue weighted by molar-refractivity contribution is 7.89. The lowest BCUT2D eigenvalue weighted by Crippen LogP contribution is -2.39. The number of benzene rings is 1. The first-order valence-corrected chi connectivity index (χ1v) is 7.34. The second kappa shape index (κ2) is 6.23. The molecule has 1 aromatic carbocycles. The summed E-state index contributed by atoms with van der Waals surface area (Å²) < 4.78 is 31.4. The Morgan fingerprint density at radius 1 is 1.42 bits per heavy atom. The SMILES string of the molecule is COc1cc(N)ccc1S(=O)(=O)N(CCO)C(C)C. The number of sulfonamides is 1. The molecule has 0 radical (unpaired) electrons. The van der Waals surface area contributed by atoms with Crippen LogP contribution in [0.4, 0.5) is 5.69 Å². The first-order chi connectivity index (χ1) is 8.84. The molecule has 0 amide bonds. The van der Waals surface area contributed by atoms with E-state index in [-0.39, 0.29) is 29.8 Å². The Bertz CT molecular complexity index is 529. The first-order valence-electron chi connectivity index (χ1n) is 5.90. The van der Waals surface area contributed by atoms with Gasteiger partial charge in [-0.15, -0.1) is 0 Å². The van der Waals surface area contributed by atoms with Crippen LogP contribution in [0.25, 0.3) is 0 Å². The molecule has 1 rings (SSSR count). The maximum Gasteiger partial charge on any atom is 0.247 e. The van der Waals surface area contributed by atoms with Crippen LogP contribution in [0.15, 0.2) is 23.1 Å². The maximum absolute atomic E-state index is 12.5. The molecule has 0 unspecified atom stereocenters. The minimum Gasteiger partial charge on any atom is -0.495 e. The lowest BCUT2D eigenvalue weighted by Gasteiger charge is -2.25. The van der Waals surface area contributed by atoms with Gasteiger partial charge < -0.3 is 15.6 Å². The number of aliphatic hydroxyl groups is 1. The van der Waals surface area contributed by atoms with E-state index in [1.165, 1.54) is 29.6 Å². The molecule has 19 heavy (non-hydrogen) atoms. The van der Waals surface area contributed by atoms with Crippen LogP contribution in [0.2, 0.25) is 0 Å². The summed E-state index contributed by atoms with van der Waals surface area (Å²) in [5, 5.41) is 9.01. The van der Waals surface area contributed by atoms with Gasteiger partial charge in [-0.25, -0.2) is 8.42 Å². The molecule has 108 valence electrons. The lowest BCUT2D eigenvalue weighted by atomic mass is 10.3. The topological polar surface area (TPSA) is 92.9 Å². The average Bonchev–Trinajstić information content (AvgIpc) is 2.34. The van der Waals surface area contributed by atoms with Crippen molar-refractivity contribution < 1.29 is 18.3 Å². The summed E-state index contributed by atoms with van der Waals surface area (Å²) >= 11 is 0. The summed E-state index contributed by atoms with van der Waals surface area (Å²) in [4.78, 5) is 0.0475. The van der Waals surface area contributed by atoms with Crippen molar-refractivity contribution in [3.63, 3.8) is 0 Å². The summed E-state index contributed by atoms with van der Waals surface area (Å²) in [7, 11) is -2.34. The van der Waals surface area contributed by atoms with Gasteiger partial charge in [-0.05, 0) is 26.0 Å². The largest absolute Gasteiger partial charge is 0.495 e. The fourth-order valence-corrected chi connectivity index (χ4v) is 3.54. The minimum absolute atomic E-state index is 0.0352. The molecule has 3 N–H and O–H groups in total. The van der Waals surface area contributed by atoms with Crippen molar-refractivity contribution in [2.45, 2.75) is 24.8 Å². The van der Waals surface area contributed by atoms with E-state index in [0.717, 1.165) is 0 Å². The molecule has 0 aliphatic heterocycles. The Kier molecular flexibility index (Phi) is 5.16. The van der Waals surface area contributed by atoms with E-state index in [4.69, 9.17) is 15.6 Å². The Morgan fingerprint density at radius 2 is 2.05 bits per heavy atom. The van der Waals surface area contributed by atoms with Crippen LogP contribution in [0.5, 0.6) is 5.75 Å². The number of methoxy groups -OCH3 is 1. The van der Waals surface area contributed by atoms with Crippen molar-refractivity contribution in [1.29, 1.82) is 0 Å². The number of hydrogen-bond acceptors (Lipinski definition) is 5. The number of nitrogens with two attached hydrogens (primary N) is 1. The van der Waals surface area contributed by atoms with E-state index >= 15 is 0 Å². The molecule has 0 bridgehead atoms. The van der Waals surface area contributed by atoms with E-state index < -0.39 is 10.0 Å². The summed E-state index contributed by atoms with van der Waals surface area (Å²) in [5.74, 6) is 0.198. The van der Waals surface area contributed by atoms with Gasteiger partial charge in [0.2, 0.25) is 10.0 Å². The third-order valence-corrected chi connectivity index (χ3v) is 4.79. The second-order valence-corrected chi connectivity index (χ2v) is 6.20. The van der Waals surface area contributed by atoms with Gasteiger partial charge in [0.05, 0.1) is 13.7 Å². The number of anilines is 1. The normalized spacial score (nSPS) is 12.1. The number of nitrogen functional groups attached to an aromatic ring is 1. The molecule has 0 fully saturated rings. The number of nitrogens with zero attached hydrogens (tertiary/aromatic N) is 1.